The van der Waals surface area contributed by atoms with E-state index in [0.29, 0.717) is 18.0 Å². The first kappa shape index (κ1) is 23.8. The predicted molar refractivity (Wildman–Crippen MR) is 137 cm³/mol. The summed E-state index contributed by atoms with van der Waals surface area (Å²) >= 11 is 0. The van der Waals surface area contributed by atoms with Gasteiger partial charge < -0.3 is 25.4 Å². The van der Waals surface area contributed by atoms with Gasteiger partial charge in [0.05, 0.1) is 11.0 Å². The van der Waals surface area contributed by atoms with Crippen LogP contribution in [0.4, 0.5) is 11.4 Å². The molecular formula is C28H35N3O4. The number of ether oxygens (including phenoxy) is 1. The van der Waals surface area contributed by atoms with Crippen molar-refractivity contribution in [3.63, 3.8) is 0 Å². The third kappa shape index (κ3) is 4.32. The highest BCUT2D eigenvalue weighted by molar-refractivity contribution is 6.06. The third-order valence-corrected chi connectivity index (χ3v) is 8.10. The number of nitrogens with one attached hydrogen (secondary N) is 2. The molecule has 0 aromatic heterocycles. The molecule has 3 aliphatic heterocycles. The molecule has 186 valence electrons. The van der Waals surface area contributed by atoms with Crippen molar-refractivity contribution in [3.8, 4) is 0 Å². The highest BCUT2D eigenvalue weighted by atomic mass is 16.5. The van der Waals surface area contributed by atoms with Crippen molar-refractivity contribution in [1.29, 1.82) is 0 Å². The number of aromatic carboxylic acids is 1. The van der Waals surface area contributed by atoms with Gasteiger partial charge in [0.25, 0.3) is 0 Å². The Kier molecular flexibility index (Phi) is 6.55. The lowest BCUT2D eigenvalue weighted by atomic mass is 9.74. The summed E-state index contributed by atoms with van der Waals surface area (Å²) in [6.45, 7) is 8.03. The first-order valence-corrected chi connectivity index (χ1v) is 12.8. The van der Waals surface area contributed by atoms with Crippen LogP contribution in [0.15, 0.2) is 30.3 Å². The van der Waals surface area contributed by atoms with Crippen molar-refractivity contribution in [2.75, 3.05) is 43.1 Å². The van der Waals surface area contributed by atoms with E-state index >= 15 is 0 Å². The minimum Gasteiger partial charge on any atom is -0.478 e. The molecule has 3 heterocycles. The summed E-state index contributed by atoms with van der Waals surface area (Å²) in [5.74, 6) is -0.797. The normalized spacial score (nSPS) is 19.4. The number of nitrogens with zero attached hydrogens (tertiary/aromatic N) is 1. The molecule has 0 aliphatic carbocycles. The van der Waals surface area contributed by atoms with E-state index in [1.807, 2.05) is 6.92 Å². The molecule has 0 saturated carbocycles. The summed E-state index contributed by atoms with van der Waals surface area (Å²) in [4.78, 5) is 27.4. The maximum Gasteiger partial charge on any atom is 0.336 e. The Morgan fingerprint density at radius 2 is 1.89 bits per heavy atom. The van der Waals surface area contributed by atoms with Crippen molar-refractivity contribution in [2.24, 2.45) is 0 Å². The van der Waals surface area contributed by atoms with Gasteiger partial charge in [0, 0.05) is 37.2 Å². The highest BCUT2D eigenvalue weighted by Crippen LogP contribution is 2.44. The van der Waals surface area contributed by atoms with Gasteiger partial charge in [0.1, 0.15) is 0 Å². The van der Waals surface area contributed by atoms with Crippen molar-refractivity contribution >= 4 is 23.3 Å². The largest absolute Gasteiger partial charge is 0.478 e. The lowest BCUT2D eigenvalue weighted by Crippen LogP contribution is -2.44. The monoisotopic (exact) mass is 477 g/mol. The standard InChI is InChI=1S/C28H35N3O4/c1-3-31(21-6-12-35-13-7-21)25-17-20(15-22(18(25)2)26(32)33)14-19-4-5-23-24(16-19)30-27(34)28(23)8-10-29-11-9-28/h4-5,15-17,21,29H,3,6-14H2,1-2H3,(H,30,34)(H,32,33). The smallest absolute Gasteiger partial charge is 0.336 e. The number of hydrogen-bond acceptors (Lipinski definition) is 5. The van der Waals surface area contributed by atoms with Crippen LogP contribution >= 0.6 is 0 Å². The van der Waals surface area contributed by atoms with Gasteiger partial charge in [-0.05, 0) is 99.5 Å². The summed E-state index contributed by atoms with van der Waals surface area (Å²) in [5, 5.41) is 16.4. The average molecular weight is 478 g/mol. The fourth-order valence-corrected chi connectivity index (χ4v) is 6.17. The van der Waals surface area contributed by atoms with Crippen LogP contribution in [-0.4, -0.2) is 55.9 Å². The van der Waals surface area contributed by atoms with E-state index in [-0.39, 0.29) is 5.91 Å². The molecule has 1 spiro atoms. The number of carbonyl (C=O) groups is 2. The molecule has 7 nitrogen and oxygen atoms in total. The predicted octanol–water partition coefficient (Wildman–Crippen LogP) is 3.86. The Morgan fingerprint density at radius 3 is 2.57 bits per heavy atom. The number of piperidine rings is 1. The van der Waals surface area contributed by atoms with Crippen LogP contribution in [0.3, 0.4) is 0 Å². The van der Waals surface area contributed by atoms with E-state index in [0.717, 1.165) is 92.2 Å². The van der Waals surface area contributed by atoms with Crippen LogP contribution in [-0.2, 0) is 21.4 Å². The van der Waals surface area contributed by atoms with Gasteiger partial charge in [-0.25, -0.2) is 4.79 Å². The van der Waals surface area contributed by atoms with Crippen LogP contribution in [0.25, 0.3) is 0 Å². The first-order valence-electron chi connectivity index (χ1n) is 12.8. The number of rotatable bonds is 6. The minimum atomic E-state index is -0.900. The molecule has 1 amide bonds. The molecular weight excluding hydrogens is 442 g/mol. The second-order valence-corrected chi connectivity index (χ2v) is 10.1. The molecule has 0 unspecified atom stereocenters. The Morgan fingerprint density at radius 1 is 1.14 bits per heavy atom. The Balaban J connectivity index is 1.47. The fourth-order valence-electron chi connectivity index (χ4n) is 6.17. The zero-order valence-electron chi connectivity index (χ0n) is 20.7. The van der Waals surface area contributed by atoms with Crippen molar-refractivity contribution in [3.05, 3.63) is 58.1 Å². The lowest BCUT2D eigenvalue weighted by molar-refractivity contribution is -0.121. The van der Waals surface area contributed by atoms with E-state index in [4.69, 9.17) is 4.74 Å². The quantitative estimate of drug-likeness (QED) is 0.585. The molecule has 0 radical (unpaired) electrons. The summed E-state index contributed by atoms with van der Waals surface area (Å²) in [6, 6.07) is 10.6. The zero-order valence-corrected chi connectivity index (χ0v) is 20.7. The number of benzene rings is 2. The topological polar surface area (TPSA) is 90.9 Å². The minimum absolute atomic E-state index is 0.104. The molecule has 5 rings (SSSR count). The molecule has 0 atom stereocenters. The number of hydrogen-bond donors (Lipinski definition) is 3. The van der Waals surface area contributed by atoms with Gasteiger partial charge in [-0.15, -0.1) is 0 Å². The summed E-state index contributed by atoms with van der Waals surface area (Å²) in [5.41, 5.74) is 5.77. The van der Waals surface area contributed by atoms with Crippen LogP contribution in [0.1, 0.15) is 65.2 Å². The zero-order chi connectivity index (χ0) is 24.6. The van der Waals surface area contributed by atoms with Crippen LogP contribution in [0.2, 0.25) is 0 Å². The maximum absolute atomic E-state index is 12.9. The van der Waals surface area contributed by atoms with Gasteiger partial charge >= 0.3 is 5.97 Å². The molecule has 2 aromatic rings. The molecule has 7 heteroatoms. The average Bonchev–Trinajstić information content (AvgIpc) is 3.12. The fraction of sp³-hybridized carbons (Fsp3) is 0.500. The van der Waals surface area contributed by atoms with E-state index in [1.165, 1.54) is 0 Å². The van der Waals surface area contributed by atoms with Crippen molar-refractivity contribution < 1.29 is 19.4 Å². The lowest BCUT2D eigenvalue weighted by Gasteiger charge is -2.36. The molecule has 0 bridgehead atoms. The van der Waals surface area contributed by atoms with Crippen LogP contribution < -0.4 is 15.5 Å². The van der Waals surface area contributed by atoms with Crippen LogP contribution in [0.5, 0.6) is 0 Å². The molecule has 35 heavy (non-hydrogen) atoms. The third-order valence-electron chi connectivity index (χ3n) is 8.10. The number of amides is 1. The van der Waals surface area contributed by atoms with E-state index < -0.39 is 11.4 Å². The maximum atomic E-state index is 12.9. The molecule has 2 saturated heterocycles. The van der Waals surface area contributed by atoms with Gasteiger partial charge in [0.2, 0.25) is 5.91 Å². The summed E-state index contributed by atoms with van der Waals surface area (Å²) in [6.07, 6.45) is 4.13. The Labute approximate surface area is 206 Å². The van der Waals surface area contributed by atoms with E-state index in [9.17, 15) is 14.7 Å². The molecule has 3 N–H and O–H groups in total. The number of carboxylic acids is 1. The van der Waals surface area contributed by atoms with Crippen molar-refractivity contribution in [2.45, 2.75) is 57.4 Å². The SMILES string of the molecule is CCN(c1cc(Cc2ccc3c(c2)NC(=O)C32CCNCC2)cc(C(=O)O)c1C)C1CCOCC1. The van der Waals surface area contributed by atoms with Crippen molar-refractivity contribution in [1.82, 2.24) is 5.32 Å². The number of carbonyl (C=O) groups excluding carboxylic acids is 1. The molecule has 2 aromatic carbocycles. The van der Waals surface area contributed by atoms with Gasteiger partial charge in [-0.3, -0.25) is 4.79 Å². The van der Waals surface area contributed by atoms with Crippen LogP contribution in [0, 0.1) is 6.92 Å². The summed E-state index contributed by atoms with van der Waals surface area (Å²) < 4.78 is 5.56. The van der Waals surface area contributed by atoms with E-state index in [2.05, 4.69) is 46.7 Å². The van der Waals surface area contributed by atoms with Gasteiger partial charge in [-0.2, -0.15) is 0 Å². The van der Waals surface area contributed by atoms with Gasteiger partial charge in [-0.1, -0.05) is 12.1 Å². The summed E-state index contributed by atoms with van der Waals surface area (Å²) in [7, 11) is 0. The molecule has 2 fully saturated rings. The van der Waals surface area contributed by atoms with Gasteiger partial charge in [0.15, 0.2) is 0 Å². The number of carboxylic acid groups (broad SMARTS) is 1. The highest BCUT2D eigenvalue weighted by Gasteiger charge is 2.47. The second kappa shape index (κ2) is 9.63. The van der Waals surface area contributed by atoms with E-state index in [1.54, 1.807) is 6.07 Å². The Hall–Kier alpha value is -2.90. The molecule has 3 aliphatic rings. The first-order chi connectivity index (χ1) is 16.9. The second-order valence-electron chi connectivity index (χ2n) is 10.1. The number of anilines is 2. The number of fused-ring (bicyclic) bond motifs is 2. The Bertz CT molecular complexity index is 1130.